The lowest BCUT2D eigenvalue weighted by atomic mass is 10.2. The first-order chi connectivity index (χ1) is 6.43. The SMILES string of the molecule is CC.O=CO/C=C/c1ccccc1. The molecule has 0 atom stereocenters. The molecule has 0 heterocycles. The van der Waals surface area contributed by atoms with Gasteiger partial charge in [0.25, 0.3) is 6.47 Å². The van der Waals surface area contributed by atoms with Gasteiger partial charge in [0.2, 0.25) is 0 Å². The molecule has 70 valence electrons. The molecule has 0 saturated carbocycles. The Labute approximate surface area is 78.8 Å². The van der Waals surface area contributed by atoms with E-state index in [1.54, 1.807) is 6.08 Å². The first kappa shape index (κ1) is 11.4. The lowest BCUT2D eigenvalue weighted by Crippen LogP contribution is -1.73. The van der Waals surface area contributed by atoms with Gasteiger partial charge in [0.1, 0.15) is 0 Å². The number of carbonyl (C=O) groups excluding carboxylic acids is 1. The third-order valence-electron chi connectivity index (χ3n) is 1.19. The zero-order valence-electron chi connectivity index (χ0n) is 7.94. The van der Waals surface area contributed by atoms with Gasteiger partial charge in [0.05, 0.1) is 6.26 Å². The Morgan fingerprint density at radius 2 is 1.77 bits per heavy atom. The van der Waals surface area contributed by atoms with Crippen LogP contribution in [0.15, 0.2) is 36.6 Å². The van der Waals surface area contributed by atoms with Gasteiger partial charge in [-0.05, 0) is 11.6 Å². The van der Waals surface area contributed by atoms with Gasteiger partial charge in [-0.15, -0.1) is 0 Å². The predicted molar refractivity (Wildman–Crippen MR) is 54.0 cm³/mol. The van der Waals surface area contributed by atoms with Crippen molar-refractivity contribution >= 4 is 12.5 Å². The minimum absolute atomic E-state index is 0.388. The molecule has 0 fully saturated rings. The van der Waals surface area contributed by atoms with Crippen LogP contribution in [0.1, 0.15) is 19.4 Å². The third-order valence-corrected chi connectivity index (χ3v) is 1.19. The van der Waals surface area contributed by atoms with E-state index in [9.17, 15) is 4.79 Å². The van der Waals surface area contributed by atoms with E-state index in [1.165, 1.54) is 6.26 Å². The molecule has 0 aliphatic heterocycles. The van der Waals surface area contributed by atoms with Crippen molar-refractivity contribution in [3.63, 3.8) is 0 Å². The summed E-state index contributed by atoms with van der Waals surface area (Å²) < 4.78 is 4.38. The maximum atomic E-state index is 9.72. The highest BCUT2D eigenvalue weighted by atomic mass is 16.5. The molecule has 0 saturated heterocycles. The van der Waals surface area contributed by atoms with Crippen LogP contribution in [0.2, 0.25) is 0 Å². The summed E-state index contributed by atoms with van der Waals surface area (Å²) in [6.45, 7) is 4.39. The van der Waals surface area contributed by atoms with E-state index in [-0.39, 0.29) is 0 Å². The topological polar surface area (TPSA) is 26.3 Å². The van der Waals surface area contributed by atoms with Crippen molar-refractivity contribution < 1.29 is 9.53 Å². The lowest BCUT2D eigenvalue weighted by molar-refractivity contribution is -0.123. The molecule has 0 unspecified atom stereocenters. The van der Waals surface area contributed by atoms with E-state index in [2.05, 4.69) is 4.74 Å². The molecule has 1 aromatic rings. The molecule has 0 radical (unpaired) electrons. The summed E-state index contributed by atoms with van der Waals surface area (Å²) in [5, 5.41) is 0. The van der Waals surface area contributed by atoms with Gasteiger partial charge in [-0.1, -0.05) is 44.2 Å². The average Bonchev–Trinajstić information content (AvgIpc) is 2.23. The van der Waals surface area contributed by atoms with Gasteiger partial charge >= 0.3 is 0 Å². The Balaban J connectivity index is 0.000000671. The molecule has 1 aromatic carbocycles. The maximum Gasteiger partial charge on any atom is 0.297 e. The zero-order chi connectivity index (χ0) is 9.94. The van der Waals surface area contributed by atoms with Crippen molar-refractivity contribution in [2.45, 2.75) is 13.8 Å². The quantitative estimate of drug-likeness (QED) is 0.525. The van der Waals surface area contributed by atoms with E-state index >= 15 is 0 Å². The van der Waals surface area contributed by atoms with Crippen LogP contribution in [0.5, 0.6) is 0 Å². The molecule has 0 bridgehead atoms. The molecular weight excluding hydrogens is 164 g/mol. The molecule has 0 N–H and O–H groups in total. The highest BCUT2D eigenvalue weighted by Gasteiger charge is 1.80. The Morgan fingerprint density at radius 1 is 1.15 bits per heavy atom. The fraction of sp³-hybridized carbons (Fsp3) is 0.182. The number of hydrogen-bond donors (Lipinski definition) is 0. The second kappa shape index (κ2) is 8.53. The van der Waals surface area contributed by atoms with E-state index in [0.29, 0.717) is 6.47 Å². The summed E-state index contributed by atoms with van der Waals surface area (Å²) in [7, 11) is 0. The van der Waals surface area contributed by atoms with Crippen LogP contribution in [-0.2, 0) is 9.53 Å². The Kier molecular flexibility index (Phi) is 7.50. The molecule has 0 aromatic heterocycles. The molecular formula is C11H14O2. The van der Waals surface area contributed by atoms with E-state index < -0.39 is 0 Å². The highest BCUT2D eigenvalue weighted by molar-refractivity contribution is 5.49. The number of carbonyl (C=O) groups is 1. The first-order valence-corrected chi connectivity index (χ1v) is 4.24. The Hall–Kier alpha value is -1.57. The van der Waals surface area contributed by atoms with Gasteiger partial charge in [0.15, 0.2) is 0 Å². The van der Waals surface area contributed by atoms with Crippen molar-refractivity contribution in [1.82, 2.24) is 0 Å². The van der Waals surface area contributed by atoms with E-state index in [4.69, 9.17) is 0 Å². The molecule has 0 amide bonds. The van der Waals surface area contributed by atoms with Crippen LogP contribution < -0.4 is 0 Å². The van der Waals surface area contributed by atoms with Crippen LogP contribution in [-0.4, -0.2) is 6.47 Å². The van der Waals surface area contributed by atoms with Crippen molar-refractivity contribution in [2.24, 2.45) is 0 Å². The Morgan fingerprint density at radius 3 is 2.31 bits per heavy atom. The molecule has 2 nitrogen and oxygen atoms in total. The lowest BCUT2D eigenvalue weighted by Gasteiger charge is -1.88. The standard InChI is InChI=1S/C9H8O2.C2H6/c10-8-11-7-6-9-4-2-1-3-5-9;1-2/h1-8H;1-2H3/b7-6+;. The predicted octanol–water partition coefficient (Wildman–Crippen LogP) is 2.86. The summed E-state index contributed by atoms with van der Waals surface area (Å²) in [5.41, 5.74) is 1.01. The van der Waals surface area contributed by atoms with Crippen molar-refractivity contribution in [3.05, 3.63) is 42.2 Å². The summed E-state index contributed by atoms with van der Waals surface area (Å²) >= 11 is 0. The normalized spacial score (nSPS) is 8.77. The smallest absolute Gasteiger partial charge is 0.297 e. The minimum Gasteiger partial charge on any atom is -0.437 e. The van der Waals surface area contributed by atoms with E-state index in [1.807, 2.05) is 44.2 Å². The van der Waals surface area contributed by atoms with Gasteiger partial charge < -0.3 is 4.74 Å². The number of benzene rings is 1. The van der Waals surface area contributed by atoms with Crippen LogP contribution in [0, 0.1) is 0 Å². The fourth-order valence-electron chi connectivity index (χ4n) is 0.714. The Bertz CT molecular complexity index is 240. The second-order valence-electron chi connectivity index (χ2n) is 1.95. The van der Waals surface area contributed by atoms with Crippen LogP contribution >= 0.6 is 0 Å². The second-order valence-corrected chi connectivity index (χ2v) is 1.95. The number of ether oxygens (including phenoxy) is 1. The molecule has 2 heteroatoms. The summed E-state index contributed by atoms with van der Waals surface area (Å²) in [4.78, 5) is 9.72. The zero-order valence-corrected chi connectivity index (χ0v) is 7.94. The number of rotatable bonds is 3. The van der Waals surface area contributed by atoms with Gasteiger partial charge in [-0.3, -0.25) is 4.79 Å². The van der Waals surface area contributed by atoms with Crippen LogP contribution in [0.25, 0.3) is 6.08 Å². The van der Waals surface area contributed by atoms with Crippen molar-refractivity contribution in [2.75, 3.05) is 0 Å². The van der Waals surface area contributed by atoms with Crippen LogP contribution in [0.4, 0.5) is 0 Å². The highest BCUT2D eigenvalue weighted by Crippen LogP contribution is 1.99. The largest absolute Gasteiger partial charge is 0.437 e. The monoisotopic (exact) mass is 178 g/mol. The van der Waals surface area contributed by atoms with Crippen molar-refractivity contribution in [3.8, 4) is 0 Å². The van der Waals surface area contributed by atoms with E-state index in [0.717, 1.165) is 5.56 Å². The number of hydrogen-bond acceptors (Lipinski definition) is 2. The maximum absolute atomic E-state index is 9.72. The summed E-state index contributed by atoms with van der Waals surface area (Å²) in [6, 6.07) is 9.61. The first-order valence-electron chi connectivity index (χ1n) is 4.24. The average molecular weight is 178 g/mol. The molecule has 0 spiro atoms. The molecule has 1 rings (SSSR count). The summed E-state index contributed by atoms with van der Waals surface area (Å²) in [6.07, 6.45) is 3.07. The van der Waals surface area contributed by atoms with Crippen molar-refractivity contribution in [1.29, 1.82) is 0 Å². The van der Waals surface area contributed by atoms with Gasteiger partial charge in [-0.2, -0.15) is 0 Å². The van der Waals surface area contributed by atoms with Gasteiger partial charge in [0, 0.05) is 0 Å². The summed E-state index contributed by atoms with van der Waals surface area (Å²) in [5.74, 6) is 0. The fourth-order valence-corrected chi connectivity index (χ4v) is 0.714. The third kappa shape index (κ3) is 5.67. The van der Waals surface area contributed by atoms with Crippen LogP contribution in [0.3, 0.4) is 0 Å². The molecule has 0 aliphatic carbocycles. The van der Waals surface area contributed by atoms with Gasteiger partial charge in [-0.25, -0.2) is 0 Å². The molecule has 0 aliphatic rings. The minimum atomic E-state index is 0.388. The molecule has 13 heavy (non-hydrogen) atoms.